The van der Waals surface area contributed by atoms with Crippen molar-refractivity contribution in [3.05, 3.63) is 47.6 Å². The van der Waals surface area contributed by atoms with Gasteiger partial charge >= 0.3 is 0 Å². The molecule has 2 aromatic rings. The van der Waals surface area contributed by atoms with Crippen LogP contribution in [0.2, 0.25) is 0 Å². The van der Waals surface area contributed by atoms with E-state index in [0.29, 0.717) is 24.2 Å². The molecule has 0 radical (unpaired) electrons. The van der Waals surface area contributed by atoms with E-state index < -0.39 is 0 Å². The van der Waals surface area contributed by atoms with E-state index >= 15 is 0 Å². The van der Waals surface area contributed by atoms with Gasteiger partial charge in [-0.05, 0) is 19.0 Å². The molecule has 1 heterocycles. The summed E-state index contributed by atoms with van der Waals surface area (Å²) in [5, 5.41) is 7.36. The Balaban J connectivity index is 2.10. The smallest absolute Gasteiger partial charge is 0.228 e. The third kappa shape index (κ3) is 3.65. The van der Waals surface area contributed by atoms with Gasteiger partial charge in [0.05, 0.1) is 0 Å². The first-order valence-corrected chi connectivity index (χ1v) is 6.88. The Kier molecular flexibility index (Phi) is 5.26. The standard InChI is InChI=1S/C15H21N3O2/c1-4-16-11(2)10-13-17-15(18-20-13)14(19-3)12-8-6-5-7-9-12/h5-9,11,14,16H,4,10H2,1-3H3. The van der Waals surface area contributed by atoms with Crippen LogP contribution in [0.1, 0.15) is 37.2 Å². The molecular formula is C15H21N3O2. The van der Waals surface area contributed by atoms with Crippen LogP contribution in [0.4, 0.5) is 0 Å². The summed E-state index contributed by atoms with van der Waals surface area (Å²) in [7, 11) is 1.65. The highest BCUT2D eigenvalue weighted by Gasteiger charge is 2.20. The molecule has 0 spiro atoms. The van der Waals surface area contributed by atoms with E-state index in [1.54, 1.807) is 7.11 Å². The van der Waals surface area contributed by atoms with Crippen LogP contribution in [-0.4, -0.2) is 29.8 Å². The molecule has 0 aliphatic rings. The van der Waals surface area contributed by atoms with Gasteiger partial charge in [-0.1, -0.05) is 42.4 Å². The summed E-state index contributed by atoms with van der Waals surface area (Å²) in [6.45, 7) is 5.09. The molecule has 0 bridgehead atoms. The summed E-state index contributed by atoms with van der Waals surface area (Å²) in [5.74, 6) is 1.20. The predicted molar refractivity (Wildman–Crippen MR) is 76.4 cm³/mol. The van der Waals surface area contributed by atoms with Crippen LogP contribution >= 0.6 is 0 Å². The van der Waals surface area contributed by atoms with Gasteiger partial charge in [-0.3, -0.25) is 0 Å². The van der Waals surface area contributed by atoms with Gasteiger partial charge in [0.25, 0.3) is 0 Å². The number of methoxy groups -OCH3 is 1. The zero-order valence-corrected chi connectivity index (χ0v) is 12.2. The molecule has 5 nitrogen and oxygen atoms in total. The largest absolute Gasteiger partial charge is 0.369 e. The number of nitrogens with one attached hydrogen (secondary N) is 1. The van der Waals surface area contributed by atoms with E-state index in [-0.39, 0.29) is 6.10 Å². The van der Waals surface area contributed by atoms with E-state index in [1.807, 2.05) is 30.3 Å². The lowest BCUT2D eigenvalue weighted by molar-refractivity contribution is 0.126. The molecule has 0 saturated carbocycles. The Hall–Kier alpha value is -1.72. The van der Waals surface area contributed by atoms with Gasteiger partial charge in [0, 0.05) is 19.6 Å². The SMILES string of the molecule is CCNC(C)Cc1nc(C(OC)c2ccccc2)no1. The molecule has 2 unspecified atom stereocenters. The minimum absolute atomic E-state index is 0.289. The van der Waals surface area contributed by atoms with Gasteiger partial charge in [-0.15, -0.1) is 0 Å². The topological polar surface area (TPSA) is 60.2 Å². The first-order chi connectivity index (χ1) is 9.74. The third-order valence-electron chi connectivity index (χ3n) is 3.09. The number of hydrogen-bond donors (Lipinski definition) is 1. The molecule has 1 aromatic carbocycles. The van der Waals surface area contributed by atoms with Crippen molar-refractivity contribution in [3.8, 4) is 0 Å². The van der Waals surface area contributed by atoms with Crippen LogP contribution < -0.4 is 5.32 Å². The molecule has 0 saturated heterocycles. The van der Waals surface area contributed by atoms with Crippen molar-refractivity contribution < 1.29 is 9.26 Å². The molecular weight excluding hydrogens is 254 g/mol. The highest BCUT2D eigenvalue weighted by atomic mass is 16.5. The predicted octanol–water partition coefficient (Wildman–Crippen LogP) is 2.35. The number of rotatable bonds is 7. The summed E-state index contributed by atoms with van der Waals surface area (Å²) >= 11 is 0. The second-order valence-electron chi connectivity index (χ2n) is 4.74. The Morgan fingerprint density at radius 3 is 2.70 bits per heavy atom. The van der Waals surface area contributed by atoms with Crippen LogP contribution in [0.3, 0.4) is 0 Å². The van der Waals surface area contributed by atoms with Crippen molar-refractivity contribution in [2.75, 3.05) is 13.7 Å². The number of aromatic nitrogens is 2. The summed E-state index contributed by atoms with van der Waals surface area (Å²) in [4.78, 5) is 4.44. The van der Waals surface area contributed by atoms with E-state index in [0.717, 1.165) is 12.1 Å². The Labute approximate surface area is 119 Å². The van der Waals surface area contributed by atoms with Gasteiger partial charge in [0.15, 0.2) is 0 Å². The van der Waals surface area contributed by atoms with Crippen LogP contribution in [0, 0.1) is 0 Å². The Bertz CT molecular complexity index is 513. The molecule has 20 heavy (non-hydrogen) atoms. The fourth-order valence-electron chi connectivity index (χ4n) is 2.16. The quantitative estimate of drug-likeness (QED) is 0.840. The lowest BCUT2D eigenvalue weighted by atomic mass is 10.1. The zero-order valence-electron chi connectivity index (χ0n) is 12.2. The van der Waals surface area contributed by atoms with E-state index in [9.17, 15) is 0 Å². The van der Waals surface area contributed by atoms with Crippen molar-refractivity contribution >= 4 is 0 Å². The first-order valence-electron chi connectivity index (χ1n) is 6.88. The van der Waals surface area contributed by atoms with Crippen molar-refractivity contribution in [3.63, 3.8) is 0 Å². The van der Waals surface area contributed by atoms with Gasteiger partial charge in [-0.25, -0.2) is 0 Å². The minimum atomic E-state index is -0.289. The maximum Gasteiger partial charge on any atom is 0.228 e. The Morgan fingerprint density at radius 2 is 2.05 bits per heavy atom. The fourth-order valence-corrected chi connectivity index (χ4v) is 2.16. The van der Waals surface area contributed by atoms with Crippen molar-refractivity contribution in [2.24, 2.45) is 0 Å². The number of nitrogens with zero attached hydrogens (tertiary/aromatic N) is 2. The minimum Gasteiger partial charge on any atom is -0.369 e. The number of ether oxygens (including phenoxy) is 1. The highest BCUT2D eigenvalue weighted by Crippen LogP contribution is 2.22. The van der Waals surface area contributed by atoms with E-state index in [1.165, 1.54) is 0 Å². The molecule has 1 aromatic heterocycles. The lowest BCUT2D eigenvalue weighted by Crippen LogP contribution is -2.27. The zero-order chi connectivity index (χ0) is 14.4. The van der Waals surface area contributed by atoms with E-state index in [2.05, 4.69) is 29.3 Å². The van der Waals surface area contributed by atoms with Gasteiger partial charge in [-0.2, -0.15) is 4.98 Å². The first kappa shape index (κ1) is 14.7. The number of likely N-dealkylation sites (N-methyl/N-ethyl adjacent to an activating group) is 1. The molecule has 5 heteroatoms. The average Bonchev–Trinajstić information content (AvgIpc) is 2.89. The molecule has 108 valence electrons. The van der Waals surface area contributed by atoms with Crippen LogP contribution in [0.5, 0.6) is 0 Å². The number of hydrogen-bond acceptors (Lipinski definition) is 5. The molecule has 1 N–H and O–H groups in total. The monoisotopic (exact) mass is 275 g/mol. The third-order valence-corrected chi connectivity index (χ3v) is 3.09. The second-order valence-corrected chi connectivity index (χ2v) is 4.74. The average molecular weight is 275 g/mol. The van der Waals surface area contributed by atoms with Crippen molar-refractivity contribution in [2.45, 2.75) is 32.4 Å². The van der Waals surface area contributed by atoms with Gasteiger partial charge < -0.3 is 14.6 Å². The highest BCUT2D eigenvalue weighted by molar-refractivity contribution is 5.22. The summed E-state index contributed by atoms with van der Waals surface area (Å²) < 4.78 is 10.8. The Morgan fingerprint density at radius 1 is 1.30 bits per heavy atom. The summed E-state index contributed by atoms with van der Waals surface area (Å²) in [6.07, 6.45) is 0.426. The molecule has 0 fully saturated rings. The second kappa shape index (κ2) is 7.17. The van der Waals surface area contributed by atoms with Crippen molar-refractivity contribution in [1.29, 1.82) is 0 Å². The maximum atomic E-state index is 5.49. The van der Waals surface area contributed by atoms with Gasteiger partial charge in [0.1, 0.15) is 6.10 Å². The van der Waals surface area contributed by atoms with Gasteiger partial charge in [0.2, 0.25) is 11.7 Å². The summed E-state index contributed by atoms with van der Waals surface area (Å²) in [6, 6.07) is 10.2. The number of benzene rings is 1. The van der Waals surface area contributed by atoms with Crippen molar-refractivity contribution in [1.82, 2.24) is 15.5 Å². The van der Waals surface area contributed by atoms with Crippen LogP contribution in [0.25, 0.3) is 0 Å². The molecule has 0 amide bonds. The van der Waals surface area contributed by atoms with Crippen LogP contribution in [0.15, 0.2) is 34.9 Å². The summed E-state index contributed by atoms with van der Waals surface area (Å²) in [5.41, 5.74) is 1.02. The maximum absolute atomic E-state index is 5.49. The lowest BCUT2D eigenvalue weighted by Gasteiger charge is -2.11. The molecule has 2 atom stereocenters. The van der Waals surface area contributed by atoms with E-state index in [4.69, 9.17) is 9.26 Å². The van der Waals surface area contributed by atoms with Crippen LogP contribution in [-0.2, 0) is 11.2 Å². The normalized spacial score (nSPS) is 14.2. The molecule has 2 rings (SSSR count). The molecule has 0 aliphatic heterocycles. The fraction of sp³-hybridized carbons (Fsp3) is 0.467. The molecule has 0 aliphatic carbocycles.